The van der Waals surface area contributed by atoms with E-state index < -0.39 is 0 Å². The molecule has 0 bridgehead atoms. The van der Waals surface area contributed by atoms with E-state index in [9.17, 15) is 4.79 Å². The van der Waals surface area contributed by atoms with Crippen LogP contribution in [0.1, 0.15) is 30.1 Å². The van der Waals surface area contributed by atoms with Gasteiger partial charge in [-0.25, -0.2) is 4.98 Å². The van der Waals surface area contributed by atoms with Gasteiger partial charge in [-0.1, -0.05) is 31.5 Å². The van der Waals surface area contributed by atoms with Crippen molar-refractivity contribution in [3.63, 3.8) is 0 Å². The number of rotatable bonds is 5. The molecule has 1 aromatic heterocycles. The number of aromatic nitrogens is 2. The van der Waals surface area contributed by atoms with Crippen molar-refractivity contribution in [1.82, 2.24) is 9.55 Å². The summed E-state index contributed by atoms with van der Waals surface area (Å²) in [4.78, 5) is 16.9. The zero-order chi connectivity index (χ0) is 15.4. The summed E-state index contributed by atoms with van der Waals surface area (Å²) in [6.45, 7) is 2.79. The SMILES string of the molecule is CCCCOc1cccc(C(=O)n2cnc3ccccc32)c1. The van der Waals surface area contributed by atoms with Gasteiger partial charge in [-0.05, 0) is 36.8 Å². The first-order valence-corrected chi connectivity index (χ1v) is 7.49. The molecule has 0 aliphatic heterocycles. The van der Waals surface area contributed by atoms with Crippen LogP contribution in [0, 0.1) is 0 Å². The van der Waals surface area contributed by atoms with Crippen LogP contribution in [0.3, 0.4) is 0 Å². The fourth-order valence-corrected chi connectivity index (χ4v) is 2.31. The fourth-order valence-electron chi connectivity index (χ4n) is 2.31. The molecule has 0 radical (unpaired) electrons. The topological polar surface area (TPSA) is 44.1 Å². The van der Waals surface area contributed by atoms with Gasteiger partial charge in [0.1, 0.15) is 12.1 Å². The fraction of sp³-hybridized carbons (Fsp3) is 0.222. The zero-order valence-electron chi connectivity index (χ0n) is 12.5. The zero-order valence-corrected chi connectivity index (χ0v) is 12.5. The lowest BCUT2D eigenvalue weighted by Crippen LogP contribution is -2.11. The van der Waals surface area contributed by atoms with Gasteiger partial charge in [-0.2, -0.15) is 0 Å². The Morgan fingerprint density at radius 2 is 2.05 bits per heavy atom. The third kappa shape index (κ3) is 2.86. The predicted octanol–water partition coefficient (Wildman–Crippen LogP) is 3.90. The largest absolute Gasteiger partial charge is 0.494 e. The number of para-hydroxylation sites is 2. The van der Waals surface area contributed by atoms with E-state index >= 15 is 0 Å². The number of imidazole rings is 1. The number of hydrogen-bond acceptors (Lipinski definition) is 3. The summed E-state index contributed by atoms with van der Waals surface area (Å²) >= 11 is 0. The molecule has 4 nitrogen and oxygen atoms in total. The molecular formula is C18H18N2O2. The van der Waals surface area contributed by atoms with Gasteiger partial charge in [0, 0.05) is 5.56 Å². The van der Waals surface area contributed by atoms with Crippen LogP contribution in [0.5, 0.6) is 5.75 Å². The number of hydrogen-bond donors (Lipinski definition) is 0. The molecule has 0 atom stereocenters. The Morgan fingerprint density at radius 3 is 2.91 bits per heavy atom. The third-order valence-electron chi connectivity index (χ3n) is 3.52. The van der Waals surface area contributed by atoms with Crippen molar-refractivity contribution < 1.29 is 9.53 Å². The summed E-state index contributed by atoms with van der Waals surface area (Å²) in [6, 6.07) is 14.9. The Labute approximate surface area is 129 Å². The molecular weight excluding hydrogens is 276 g/mol. The molecule has 0 fully saturated rings. The molecule has 0 aliphatic rings. The average Bonchev–Trinajstić information content (AvgIpc) is 2.99. The van der Waals surface area contributed by atoms with Crippen LogP contribution >= 0.6 is 0 Å². The number of fused-ring (bicyclic) bond motifs is 1. The van der Waals surface area contributed by atoms with Crippen LogP contribution in [-0.2, 0) is 0 Å². The minimum Gasteiger partial charge on any atom is -0.494 e. The second-order valence-electron chi connectivity index (χ2n) is 5.14. The molecule has 3 rings (SSSR count). The van der Waals surface area contributed by atoms with Gasteiger partial charge in [-0.3, -0.25) is 9.36 Å². The first-order valence-electron chi connectivity index (χ1n) is 7.49. The van der Waals surface area contributed by atoms with E-state index in [1.807, 2.05) is 36.4 Å². The van der Waals surface area contributed by atoms with Crippen molar-refractivity contribution in [2.45, 2.75) is 19.8 Å². The van der Waals surface area contributed by atoms with E-state index in [0.717, 1.165) is 29.6 Å². The van der Waals surface area contributed by atoms with Crippen LogP contribution in [0.25, 0.3) is 11.0 Å². The Hall–Kier alpha value is -2.62. The molecule has 3 aromatic rings. The van der Waals surface area contributed by atoms with Crippen LogP contribution in [0.2, 0.25) is 0 Å². The van der Waals surface area contributed by atoms with Gasteiger partial charge in [-0.15, -0.1) is 0 Å². The number of carbonyl (C=O) groups excluding carboxylic acids is 1. The first-order chi connectivity index (χ1) is 10.8. The molecule has 0 saturated carbocycles. The average molecular weight is 294 g/mol. The highest BCUT2D eigenvalue weighted by Crippen LogP contribution is 2.18. The molecule has 112 valence electrons. The molecule has 0 aliphatic carbocycles. The van der Waals surface area contributed by atoms with E-state index in [1.165, 1.54) is 0 Å². The number of benzene rings is 2. The summed E-state index contributed by atoms with van der Waals surface area (Å²) in [5.74, 6) is 0.623. The maximum absolute atomic E-state index is 12.7. The highest BCUT2D eigenvalue weighted by molar-refractivity contribution is 6.01. The van der Waals surface area contributed by atoms with Gasteiger partial charge >= 0.3 is 0 Å². The normalized spacial score (nSPS) is 10.8. The monoisotopic (exact) mass is 294 g/mol. The minimum atomic E-state index is -0.102. The van der Waals surface area contributed by atoms with Crippen molar-refractivity contribution >= 4 is 16.9 Å². The smallest absolute Gasteiger partial charge is 0.263 e. The van der Waals surface area contributed by atoms with Crippen LogP contribution in [0.4, 0.5) is 0 Å². The van der Waals surface area contributed by atoms with E-state index in [-0.39, 0.29) is 5.91 Å². The molecule has 22 heavy (non-hydrogen) atoms. The van der Waals surface area contributed by atoms with Gasteiger partial charge in [0.05, 0.1) is 17.6 Å². The van der Waals surface area contributed by atoms with E-state index in [4.69, 9.17) is 4.74 Å². The molecule has 0 amide bonds. The number of nitrogens with zero attached hydrogens (tertiary/aromatic N) is 2. The summed E-state index contributed by atoms with van der Waals surface area (Å²) in [5.41, 5.74) is 2.22. The first kappa shape index (κ1) is 14.3. The highest BCUT2D eigenvalue weighted by Gasteiger charge is 2.12. The van der Waals surface area contributed by atoms with Crippen molar-refractivity contribution in [3.05, 3.63) is 60.4 Å². The van der Waals surface area contributed by atoms with Gasteiger partial charge in [0.2, 0.25) is 0 Å². The molecule has 0 N–H and O–H groups in total. The quantitative estimate of drug-likeness (QED) is 0.670. The maximum atomic E-state index is 12.7. The molecule has 2 aromatic carbocycles. The Bertz CT molecular complexity index is 792. The minimum absolute atomic E-state index is 0.102. The second-order valence-corrected chi connectivity index (χ2v) is 5.14. The molecule has 0 saturated heterocycles. The molecule has 4 heteroatoms. The molecule has 0 unspecified atom stereocenters. The van der Waals surface area contributed by atoms with Crippen molar-refractivity contribution in [1.29, 1.82) is 0 Å². The molecule has 1 heterocycles. The number of ether oxygens (including phenoxy) is 1. The van der Waals surface area contributed by atoms with E-state index in [0.29, 0.717) is 12.2 Å². The van der Waals surface area contributed by atoms with Gasteiger partial charge in [0.15, 0.2) is 0 Å². The predicted molar refractivity (Wildman–Crippen MR) is 86.3 cm³/mol. The lowest BCUT2D eigenvalue weighted by Gasteiger charge is -2.08. The van der Waals surface area contributed by atoms with Crippen molar-refractivity contribution in [2.75, 3.05) is 6.61 Å². The van der Waals surface area contributed by atoms with Gasteiger partial charge in [0.25, 0.3) is 5.91 Å². The van der Waals surface area contributed by atoms with Crippen LogP contribution in [0.15, 0.2) is 54.9 Å². The lowest BCUT2D eigenvalue weighted by atomic mass is 10.2. The summed E-state index contributed by atoms with van der Waals surface area (Å²) < 4.78 is 7.23. The number of carbonyl (C=O) groups is 1. The van der Waals surface area contributed by atoms with Crippen molar-refractivity contribution in [3.8, 4) is 5.75 Å². The summed E-state index contributed by atoms with van der Waals surface area (Å²) in [7, 11) is 0. The maximum Gasteiger partial charge on any atom is 0.263 e. The Morgan fingerprint density at radius 1 is 1.18 bits per heavy atom. The lowest BCUT2D eigenvalue weighted by molar-refractivity contribution is 0.0964. The van der Waals surface area contributed by atoms with E-state index in [1.54, 1.807) is 23.0 Å². The van der Waals surface area contributed by atoms with Crippen LogP contribution < -0.4 is 4.74 Å². The second kappa shape index (κ2) is 6.43. The third-order valence-corrected chi connectivity index (χ3v) is 3.52. The summed E-state index contributed by atoms with van der Waals surface area (Å²) in [6.07, 6.45) is 3.65. The van der Waals surface area contributed by atoms with E-state index in [2.05, 4.69) is 11.9 Å². The number of unbranched alkanes of at least 4 members (excludes halogenated alkanes) is 1. The molecule has 0 spiro atoms. The van der Waals surface area contributed by atoms with Gasteiger partial charge < -0.3 is 4.74 Å². The Kier molecular flexibility index (Phi) is 4.19. The summed E-state index contributed by atoms with van der Waals surface area (Å²) in [5, 5.41) is 0. The van der Waals surface area contributed by atoms with Crippen molar-refractivity contribution in [2.24, 2.45) is 0 Å². The standard InChI is InChI=1S/C18H18N2O2/c1-2-3-11-22-15-8-6-7-14(12-15)18(21)20-13-19-16-9-4-5-10-17(16)20/h4-10,12-13H,2-3,11H2,1H3. The Balaban J connectivity index is 1.87. The van der Waals surface area contributed by atoms with Crippen LogP contribution in [-0.4, -0.2) is 22.1 Å². The highest BCUT2D eigenvalue weighted by atomic mass is 16.5.